The van der Waals surface area contributed by atoms with Crippen molar-refractivity contribution in [1.82, 2.24) is 14.6 Å². The standard InChI is InChI=1S/C13H18Cl3N3O2S/c1-7(2)8(17-9(20)6-14)4-5-19(3)13(21)11-10(15)12(16)18-22-11/h7-8H,4-6H2,1-3H3,(H,17,20). The van der Waals surface area contributed by atoms with Gasteiger partial charge in [-0.05, 0) is 23.9 Å². The van der Waals surface area contributed by atoms with Gasteiger partial charge in [0.2, 0.25) is 5.91 Å². The Morgan fingerprint density at radius 3 is 2.45 bits per heavy atom. The van der Waals surface area contributed by atoms with Gasteiger partial charge in [0.25, 0.3) is 5.91 Å². The molecule has 5 nitrogen and oxygen atoms in total. The molecule has 0 aliphatic rings. The second kappa shape index (κ2) is 8.91. The van der Waals surface area contributed by atoms with E-state index in [1.54, 1.807) is 7.05 Å². The van der Waals surface area contributed by atoms with Crippen LogP contribution in [0.15, 0.2) is 0 Å². The molecule has 1 aromatic heterocycles. The number of alkyl halides is 1. The smallest absolute Gasteiger partial charge is 0.266 e. The Kier molecular flexibility index (Phi) is 7.89. The zero-order valence-corrected chi connectivity index (χ0v) is 15.6. The summed E-state index contributed by atoms with van der Waals surface area (Å²) in [6.07, 6.45) is 0.618. The van der Waals surface area contributed by atoms with Crippen molar-refractivity contribution in [2.75, 3.05) is 19.5 Å². The fourth-order valence-corrected chi connectivity index (χ4v) is 3.10. The van der Waals surface area contributed by atoms with Gasteiger partial charge in [-0.2, -0.15) is 4.37 Å². The van der Waals surface area contributed by atoms with Crippen LogP contribution in [0.5, 0.6) is 0 Å². The lowest BCUT2D eigenvalue weighted by atomic mass is 10.0. The lowest BCUT2D eigenvalue weighted by Crippen LogP contribution is -2.42. The number of amides is 2. The SMILES string of the molecule is CC(C)C(CCN(C)C(=O)c1snc(Cl)c1Cl)NC(=O)CCl. The van der Waals surface area contributed by atoms with Crippen LogP contribution in [-0.2, 0) is 4.79 Å². The molecule has 1 aromatic rings. The van der Waals surface area contributed by atoms with Crippen LogP contribution in [-0.4, -0.2) is 46.6 Å². The molecular weight excluding hydrogens is 369 g/mol. The van der Waals surface area contributed by atoms with Crippen LogP contribution in [0.1, 0.15) is 29.9 Å². The molecule has 1 atom stereocenters. The van der Waals surface area contributed by atoms with Crippen LogP contribution in [0.2, 0.25) is 10.2 Å². The van der Waals surface area contributed by atoms with Crippen molar-refractivity contribution in [1.29, 1.82) is 0 Å². The average Bonchev–Trinajstić information content (AvgIpc) is 2.81. The number of hydrogen-bond acceptors (Lipinski definition) is 4. The van der Waals surface area contributed by atoms with Crippen molar-refractivity contribution >= 4 is 58.1 Å². The van der Waals surface area contributed by atoms with E-state index in [0.717, 1.165) is 11.5 Å². The van der Waals surface area contributed by atoms with Crippen molar-refractivity contribution in [3.8, 4) is 0 Å². The van der Waals surface area contributed by atoms with E-state index in [-0.39, 0.29) is 39.8 Å². The zero-order chi connectivity index (χ0) is 16.9. The number of hydrogen-bond donors (Lipinski definition) is 1. The first-order chi connectivity index (χ1) is 10.3. The van der Waals surface area contributed by atoms with Gasteiger partial charge in [-0.1, -0.05) is 37.0 Å². The number of carbonyl (C=O) groups is 2. The van der Waals surface area contributed by atoms with E-state index >= 15 is 0 Å². The first kappa shape index (κ1) is 19.5. The molecule has 0 radical (unpaired) electrons. The van der Waals surface area contributed by atoms with Crippen molar-refractivity contribution in [2.24, 2.45) is 5.92 Å². The average molecular weight is 387 g/mol. The van der Waals surface area contributed by atoms with Crippen LogP contribution in [0.3, 0.4) is 0 Å². The summed E-state index contributed by atoms with van der Waals surface area (Å²) in [4.78, 5) is 25.6. The minimum Gasteiger partial charge on any atom is -0.352 e. The van der Waals surface area contributed by atoms with E-state index in [0.29, 0.717) is 17.8 Å². The molecule has 1 N–H and O–H groups in total. The largest absolute Gasteiger partial charge is 0.352 e. The highest BCUT2D eigenvalue weighted by Crippen LogP contribution is 2.29. The minimum atomic E-state index is -0.236. The summed E-state index contributed by atoms with van der Waals surface area (Å²) in [5.74, 6) is -0.295. The zero-order valence-electron chi connectivity index (χ0n) is 12.5. The fourth-order valence-electron chi connectivity index (χ4n) is 1.82. The second-order valence-corrected chi connectivity index (χ2v) is 6.96. The fraction of sp³-hybridized carbons (Fsp3) is 0.615. The van der Waals surface area contributed by atoms with Gasteiger partial charge in [-0.25, -0.2) is 0 Å². The summed E-state index contributed by atoms with van der Waals surface area (Å²) in [6, 6.07) is -0.0537. The predicted molar refractivity (Wildman–Crippen MR) is 91.2 cm³/mol. The molecule has 22 heavy (non-hydrogen) atoms. The van der Waals surface area contributed by atoms with Crippen LogP contribution in [0.4, 0.5) is 0 Å². The van der Waals surface area contributed by atoms with Crippen LogP contribution < -0.4 is 5.32 Å². The number of carbonyl (C=O) groups excluding carboxylic acids is 2. The maximum Gasteiger partial charge on any atom is 0.266 e. The summed E-state index contributed by atoms with van der Waals surface area (Å²) >= 11 is 18.2. The molecule has 1 heterocycles. The number of nitrogens with one attached hydrogen (secondary N) is 1. The molecular formula is C13H18Cl3N3O2S. The molecule has 0 fully saturated rings. The van der Waals surface area contributed by atoms with E-state index in [9.17, 15) is 9.59 Å². The second-order valence-electron chi connectivity index (χ2n) is 5.18. The Balaban J connectivity index is 2.63. The van der Waals surface area contributed by atoms with Crippen molar-refractivity contribution in [3.05, 3.63) is 15.1 Å². The highest BCUT2D eigenvalue weighted by atomic mass is 35.5. The Hall–Kier alpha value is -0.560. The molecule has 0 saturated heterocycles. The maximum atomic E-state index is 12.3. The lowest BCUT2D eigenvalue weighted by Gasteiger charge is -2.25. The Labute approximate surface area is 149 Å². The quantitative estimate of drug-likeness (QED) is 0.731. The molecule has 0 bridgehead atoms. The maximum absolute atomic E-state index is 12.3. The van der Waals surface area contributed by atoms with Gasteiger partial charge in [0, 0.05) is 19.6 Å². The number of aromatic nitrogens is 1. The molecule has 2 amide bonds. The first-order valence-corrected chi connectivity index (χ1v) is 8.75. The van der Waals surface area contributed by atoms with E-state index in [4.69, 9.17) is 34.8 Å². The third-order valence-corrected chi connectivity index (χ3v) is 5.21. The summed E-state index contributed by atoms with van der Waals surface area (Å²) < 4.78 is 3.85. The molecule has 9 heteroatoms. The molecule has 0 aliphatic carbocycles. The minimum absolute atomic E-state index is 0.0537. The number of nitrogens with zero attached hydrogens (tertiary/aromatic N) is 2. The lowest BCUT2D eigenvalue weighted by molar-refractivity contribution is -0.119. The van der Waals surface area contributed by atoms with Crippen LogP contribution in [0, 0.1) is 5.92 Å². The van der Waals surface area contributed by atoms with Gasteiger partial charge in [0.1, 0.15) is 15.8 Å². The topological polar surface area (TPSA) is 62.3 Å². The van der Waals surface area contributed by atoms with E-state index in [2.05, 4.69) is 9.69 Å². The predicted octanol–water partition coefficient (Wildman–Crippen LogP) is 3.29. The Morgan fingerprint density at radius 1 is 1.36 bits per heavy atom. The molecule has 124 valence electrons. The molecule has 1 unspecified atom stereocenters. The Bertz CT molecular complexity index is 537. The highest BCUT2D eigenvalue weighted by Gasteiger charge is 2.22. The van der Waals surface area contributed by atoms with Crippen molar-refractivity contribution in [2.45, 2.75) is 26.3 Å². The van der Waals surface area contributed by atoms with Crippen LogP contribution in [0.25, 0.3) is 0 Å². The molecule has 0 spiro atoms. The van der Waals surface area contributed by atoms with Gasteiger partial charge >= 0.3 is 0 Å². The monoisotopic (exact) mass is 385 g/mol. The summed E-state index contributed by atoms with van der Waals surface area (Å²) in [5, 5.41) is 3.17. The third-order valence-electron chi connectivity index (χ3n) is 3.19. The van der Waals surface area contributed by atoms with Gasteiger partial charge in [-0.15, -0.1) is 11.6 Å². The van der Waals surface area contributed by atoms with E-state index in [1.807, 2.05) is 13.8 Å². The van der Waals surface area contributed by atoms with Gasteiger partial charge in [0.15, 0.2) is 5.15 Å². The number of rotatable bonds is 7. The van der Waals surface area contributed by atoms with Gasteiger partial charge in [-0.3, -0.25) is 9.59 Å². The number of halogens is 3. The highest BCUT2D eigenvalue weighted by molar-refractivity contribution is 7.09. The molecule has 0 aliphatic heterocycles. The third kappa shape index (κ3) is 5.26. The normalized spacial score (nSPS) is 12.3. The van der Waals surface area contributed by atoms with E-state index < -0.39 is 0 Å². The molecule has 0 aromatic carbocycles. The summed E-state index contributed by atoms with van der Waals surface area (Å²) in [5.41, 5.74) is 0. The first-order valence-electron chi connectivity index (χ1n) is 6.69. The van der Waals surface area contributed by atoms with Crippen molar-refractivity contribution in [3.63, 3.8) is 0 Å². The van der Waals surface area contributed by atoms with Crippen LogP contribution >= 0.6 is 46.3 Å². The Morgan fingerprint density at radius 2 is 2.00 bits per heavy atom. The van der Waals surface area contributed by atoms with E-state index in [1.165, 1.54) is 4.90 Å². The van der Waals surface area contributed by atoms with Gasteiger partial charge in [0.05, 0.1) is 0 Å². The molecule has 0 saturated carbocycles. The summed E-state index contributed by atoms with van der Waals surface area (Å²) in [6.45, 7) is 4.47. The molecule has 1 rings (SSSR count). The van der Waals surface area contributed by atoms with Gasteiger partial charge < -0.3 is 10.2 Å². The summed E-state index contributed by atoms with van der Waals surface area (Å²) in [7, 11) is 1.67. The van der Waals surface area contributed by atoms with Crippen molar-refractivity contribution < 1.29 is 9.59 Å².